The van der Waals surface area contributed by atoms with E-state index >= 15 is 0 Å². The lowest BCUT2D eigenvalue weighted by molar-refractivity contribution is 0.271. The van der Waals surface area contributed by atoms with E-state index in [9.17, 15) is 8.78 Å². The van der Waals surface area contributed by atoms with Crippen LogP contribution in [0.2, 0.25) is 0 Å². The average Bonchev–Trinajstić information content (AvgIpc) is 2.44. The predicted molar refractivity (Wildman–Crippen MR) is 80.4 cm³/mol. The highest BCUT2D eigenvalue weighted by Gasteiger charge is 2.13. The fraction of sp³-hybridized carbons (Fsp3) is 0.200. The molecule has 2 aromatic rings. The van der Waals surface area contributed by atoms with Crippen LogP contribution in [0.1, 0.15) is 12.5 Å². The lowest BCUT2D eigenvalue weighted by Gasteiger charge is -2.13. The van der Waals surface area contributed by atoms with E-state index in [1.807, 2.05) is 6.92 Å². The molecule has 0 fully saturated rings. The third kappa shape index (κ3) is 3.85. The lowest BCUT2D eigenvalue weighted by Crippen LogP contribution is -2.03. The van der Waals surface area contributed by atoms with Gasteiger partial charge in [0.2, 0.25) is 5.82 Å². The van der Waals surface area contributed by atoms with Crippen LogP contribution in [0.5, 0.6) is 11.5 Å². The number of anilines is 1. The van der Waals surface area contributed by atoms with Crippen molar-refractivity contribution in [1.29, 1.82) is 0 Å². The minimum atomic E-state index is -1.03. The highest BCUT2D eigenvalue weighted by molar-refractivity contribution is 9.10. The normalized spacial score (nSPS) is 10.5. The quantitative estimate of drug-likeness (QED) is 0.641. The fourth-order valence-corrected chi connectivity index (χ4v) is 2.21. The second-order valence-electron chi connectivity index (χ2n) is 4.29. The van der Waals surface area contributed by atoms with Gasteiger partial charge in [0.1, 0.15) is 12.4 Å². The predicted octanol–water partition coefficient (Wildman–Crippen LogP) is 4.29. The number of halogens is 3. The largest absolute Gasteiger partial charge is 0.493 e. The van der Waals surface area contributed by atoms with E-state index in [-0.39, 0.29) is 12.4 Å². The van der Waals surface area contributed by atoms with Crippen LogP contribution in [-0.4, -0.2) is 6.61 Å². The van der Waals surface area contributed by atoms with E-state index in [4.69, 9.17) is 15.2 Å². The van der Waals surface area contributed by atoms with E-state index in [0.29, 0.717) is 28.1 Å². The third-order valence-electron chi connectivity index (χ3n) is 2.73. The van der Waals surface area contributed by atoms with Crippen LogP contribution in [0.25, 0.3) is 0 Å². The number of benzene rings is 2. The van der Waals surface area contributed by atoms with Crippen molar-refractivity contribution >= 4 is 21.6 Å². The number of ether oxygens (including phenoxy) is 2. The van der Waals surface area contributed by atoms with Crippen molar-refractivity contribution < 1.29 is 18.3 Å². The van der Waals surface area contributed by atoms with Crippen LogP contribution in [-0.2, 0) is 6.61 Å². The number of nitrogen functional groups attached to an aromatic ring is 1. The number of rotatable bonds is 5. The van der Waals surface area contributed by atoms with Gasteiger partial charge in [-0.2, -0.15) is 4.39 Å². The molecule has 3 nitrogen and oxygen atoms in total. The molecule has 6 heteroatoms. The highest BCUT2D eigenvalue weighted by atomic mass is 79.9. The van der Waals surface area contributed by atoms with E-state index in [2.05, 4.69) is 15.9 Å². The maximum atomic E-state index is 13.6. The smallest absolute Gasteiger partial charge is 0.200 e. The van der Waals surface area contributed by atoms with Crippen LogP contribution >= 0.6 is 15.9 Å². The topological polar surface area (TPSA) is 44.5 Å². The second-order valence-corrected chi connectivity index (χ2v) is 5.20. The number of nitrogens with two attached hydrogens (primary N) is 1. The fourth-order valence-electron chi connectivity index (χ4n) is 1.80. The number of hydrogen-bond donors (Lipinski definition) is 1. The summed E-state index contributed by atoms with van der Waals surface area (Å²) in [6.07, 6.45) is 0. The highest BCUT2D eigenvalue weighted by Crippen LogP contribution is 2.28. The SMILES string of the molecule is CCOc1ccc(N)cc1COc1cc(Br)cc(F)c1F. The maximum Gasteiger partial charge on any atom is 0.200 e. The molecule has 0 amide bonds. The molecule has 0 saturated carbocycles. The Bertz CT molecular complexity index is 650. The van der Waals surface area contributed by atoms with Crippen molar-refractivity contribution in [3.63, 3.8) is 0 Å². The van der Waals surface area contributed by atoms with Gasteiger partial charge < -0.3 is 15.2 Å². The standard InChI is InChI=1S/C15H14BrF2NO2/c1-2-20-13-4-3-11(19)5-9(13)8-21-14-7-10(16)6-12(17)15(14)18/h3-7H,2,8,19H2,1H3. The van der Waals surface area contributed by atoms with Crippen LogP contribution in [0.4, 0.5) is 14.5 Å². The first-order valence-corrected chi connectivity index (χ1v) is 7.09. The van der Waals surface area contributed by atoms with Gasteiger partial charge in [0.25, 0.3) is 0 Å². The summed E-state index contributed by atoms with van der Waals surface area (Å²) in [6, 6.07) is 7.50. The van der Waals surface area contributed by atoms with Gasteiger partial charge in [0.05, 0.1) is 6.61 Å². The Labute approximate surface area is 129 Å². The summed E-state index contributed by atoms with van der Waals surface area (Å²) >= 11 is 3.09. The molecule has 0 aliphatic rings. The van der Waals surface area contributed by atoms with Gasteiger partial charge in [0.15, 0.2) is 11.6 Å². The van der Waals surface area contributed by atoms with E-state index in [0.717, 1.165) is 6.07 Å². The first kappa shape index (κ1) is 15.6. The van der Waals surface area contributed by atoms with Crippen LogP contribution in [0.15, 0.2) is 34.8 Å². The second kappa shape index (κ2) is 6.76. The molecule has 21 heavy (non-hydrogen) atoms. The Balaban J connectivity index is 2.22. The Morgan fingerprint density at radius 2 is 1.86 bits per heavy atom. The van der Waals surface area contributed by atoms with Crippen molar-refractivity contribution in [3.05, 3.63) is 52.0 Å². The Morgan fingerprint density at radius 1 is 1.10 bits per heavy atom. The molecular weight excluding hydrogens is 344 g/mol. The molecule has 0 spiro atoms. The molecule has 2 aromatic carbocycles. The maximum absolute atomic E-state index is 13.6. The summed E-state index contributed by atoms with van der Waals surface area (Å²) in [5.74, 6) is -1.58. The summed E-state index contributed by atoms with van der Waals surface area (Å²) in [5, 5.41) is 0. The minimum absolute atomic E-state index is 0.0210. The molecule has 112 valence electrons. The molecule has 0 bridgehead atoms. The molecule has 0 unspecified atom stereocenters. The van der Waals surface area contributed by atoms with Gasteiger partial charge in [-0.15, -0.1) is 0 Å². The third-order valence-corrected chi connectivity index (χ3v) is 3.19. The Kier molecular flexibility index (Phi) is 5.01. The van der Waals surface area contributed by atoms with Gasteiger partial charge >= 0.3 is 0 Å². The van der Waals surface area contributed by atoms with Crippen LogP contribution in [0.3, 0.4) is 0 Å². The molecular formula is C15H14BrF2NO2. The average molecular weight is 358 g/mol. The summed E-state index contributed by atoms with van der Waals surface area (Å²) < 4.78 is 38.1. The number of hydrogen-bond acceptors (Lipinski definition) is 3. The first-order chi connectivity index (χ1) is 10.0. The zero-order chi connectivity index (χ0) is 15.4. The van der Waals surface area contributed by atoms with Crippen LogP contribution < -0.4 is 15.2 Å². The molecule has 0 saturated heterocycles. The summed E-state index contributed by atoms with van der Waals surface area (Å²) in [6.45, 7) is 2.36. The Hall–Kier alpha value is -1.82. The zero-order valence-corrected chi connectivity index (χ0v) is 12.9. The molecule has 0 aliphatic heterocycles. The first-order valence-electron chi connectivity index (χ1n) is 6.29. The van der Waals surface area contributed by atoms with Crippen LogP contribution in [0, 0.1) is 11.6 Å². The van der Waals surface area contributed by atoms with Gasteiger partial charge in [-0.1, -0.05) is 15.9 Å². The lowest BCUT2D eigenvalue weighted by atomic mass is 10.2. The van der Waals surface area contributed by atoms with Gasteiger partial charge in [-0.3, -0.25) is 0 Å². The van der Waals surface area contributed by atoms with Crippen molar-refractivity contribution in [3.8, 4) is 11.5 Å². The molecule has 0 atom stereocenters. The molecule has 2 N–H and O–H groups in total. The molecule has 0 heterocycles. The van der Waals surface area contributed by atoms with E-state index < -0.39 is 11.6 Å². The molecule has 2 rings (SSSR count). The zero-order valence-electron chi connectivity index (χ0n) is 11.3. The Morgan fingerprint density at radius 3 is 2.57 bits per heavy atom. The molecule has 0 radical (unpaired) electrons. The van der Waals surface area contributed by atoms with Gasteiger partial charge in [-0.05, 0) is 37.3 Å². The molecule has 0 aliphatic carbocycles. The van der Waals surface area contributed by atoms with Crippen molar-refractivity contribution in [2.45, 2.75) is 13.5 Å². The summed E-state index contributed by atoms with van der Waals surface area (Å²) in [4.78, 5) is 0. The van der Waals surface area contributed by atoms with Crippen molar-refractivity contribution in [2.75, 3.05) is 12.3 Å². The minimum Gasteiger partial charge on any atom is -0.493 e. The summed E-state index contributed by atoms with van der Waals surface area (Å²) in [7, 11) is 0. The summed E-state index contributed by atoms with van der Waals surface area (Å²) in [5.41, 5.74) is 6.92. The monoisotopic (exact) mass is 357 g/mol. The van der Waals surface area contributed by atoms with E-state index in [1.54, 1.807) is 18.2 Å². The van der Waals surface area contributed by atoms with Crippen molar-refractivity contribution in [2.24, 2.45) is 0 Å². The van der Waals surface area contributed by atoms with Crippen molar-refractivity contribution in [1.82, 2.24) is 0 Å². The van der Waals surface area contributed by atoms with E-state index in [1.165, 1.54) is 6.07 Å². The van der Waals surface area contributed by atoms with Gasteiger partial charge in [-0.25, -0.2) is 4.39 Å². The van der Waals surface area contributed by atoms with Gasteiger partial charge in [0, 0.05) is 15.7 Å². The molecule has 0 aromatic heterocycles.